The molecule has 0 amide bonds. The fourth-order valence-electron chi connectivity index (χ4n) is 3.99. The van der Waals surface area contributed by atoms with Gasteiger partial charge in [-0.15, -0.1) is 0 Å². The minimum Gasteiger partial charge on any atom is -0.310 e. The minimum absolute atomic E-state index is 0.0704. The standard InChI is InChI=1S/C21H13NO2/c1-22-20-17(11-23)14-7-3-2-6-13(14)15-10-9-12-5-4-8-16(21(22)24)18(12)19(15)20/h2-11H,1H3. The summed E-state index contributed by atoms with van der Waals surface area (Å²) in [6.45, 7) is 0. The van der Waals surface area contributed by atoms with Gasteiger partial charge in [0.1, 0.15) is 0 Å². The molecule has 1 aromatic heterocycles. The van der Waals surface area contributed by atoms with Gasteiger partial charge in [0.25, 0.3) is 5.56 Å². The van der Waals surface area contributed by atoms with Crippen molar-refractivity contribution in [3.05, 3.63) is 70.5 Å². The van der Waals surface area contributed by atoms with Crippen molar-refractivity contribution in [1.82, 2.24) is 4.57 Å². The van der Waals surface area contributed by atoms with Crippen molar-refractivity contribution in [3.8, 4) is 0 Å². The van der Waals surface area contributed by atoms with E-state index in [9.17, 15) is 9.59 Å². The van der Waals surface area contributed by atoms with Gasteiger partial charge in [0.05, 0.1) is 5.52 Å². The third-order valence-electron chi connectivity index (χ3n) is 5.03. The third-order valence-corrected chi connectivity index (χ3v) is 5.03. The Morgan fingerprint density at radius 3 is 2.33 bits per heavy atom. The SMILES string of the molecule is Cn1c(=O)c2cccc3ccc4c5ccccc5c(C=O)c1c4c32. The van der Waals surface area contributed by atoms with Crippen LogP contribution in [0.3, 0.4) is 0 Å². The number of aldehydes is 1. The second-order valence-electron chi connectivity index (χ2n) is 6.18. The second kappa shape index (κ2) is 4.42. The molecule has 0 saturated carbocycles. The smallest absolute Gasteiger partial charge is 0.258 e. The number of pyridine rings is 1. The van der Waals surface area contributed by atoms with Crippen LogP contribution in [-0.2, 0) is 7.05 Å². The maximum atomic E-state index is 12.9. The average Bonchev–Trinajstić information content (AvgIpc) is 2.63. The summed E-state index contributed by atoms with van der Waals surface area (Å²) in [6.07, 6.45) is 0.869. The molecule has 0 aliphatic rings. The largest absolute Gasteiger partial charge is 0.310 e. The number of rotatable bonds is 1. The van der Waals surface area contributed by atoms with Gasteiger partial charge in [-0.25, -0.2) is 0 Å². The monoisotopic (exact) mass is 311 g/mol. The number of aryl methyl sites for hydroxylation is 1. The summed E-state index contributed by atoms with van der Waals surface area (Å²) in [5, 5.41) is 6.65. The first-order valence-electron chi connectivity index (χ1n) is 7.85. The second-order valence-corrected chi connectivity index (χ2v) is 6.18. The van der Waals surface area contributed by atoms with E-state index in [0.29, 0.717) is 16.5 Å². The highest BCUT2D eigenvalue weighted by Crippen LogP contribution is 2.38. The van der Waals surface area contributed by atoms with Crippen molar-refractivity contribution in [3.63, 3.8) is 0 Å². The Balaban J connectivity index is 2.33. The lowest BCUT2D eigenvalue weighted by atomic mass is 9.90. The van der Waals surface area contributed by atoms with Crippen molar-refractivity contribution in [1.29, 1.82) is 0 Å². The van der Waals surface area contributed by atoms with Crippen molar-refractivity contribution in [2.75, 3.05) is 0 Å². The van der Waals surface area contributed by atoms with Crippen LogP contribution in [-0.4, -0.2) is 10.9 Å². The lowest BCUT2D eigenvalue weighted by Crippen LogP contribution is -2.19. The van der Waals surface area contributed by atoms with E-state index in [0.717, 1.165) is 38.6 Å². The Kier molecular flexibility index (Phi) is 2.44. The first-order valence-corrected chi connectivity index (χ1v) is 7.85. The third kappa shape index (κ3) is 1.42. The van der Waals surface area contributed by atoms with E-state index < -0.39 is 0 Å². The molecule has 0 fully saturated rings. The van der Waals surface area contributed by atoms with Crippen LogP contribution in [0.5, 0.6) is 0 Å². The Hall–Kier alpha value is -3.20. The number of fused-ring (bicyclic) bond motifs is 2. The van der Waals surface area contributed by atoms with E-state index in [-0.39, 0.29) is 5.56 Å². The Morgan fingerprint density at radius 1 is 0.792 bits per heavy atom. The maximum Gasteiger partial charge on any atom is 0.258 e. The van der Waals surface area contributed by atoms with Crippen LogP contribution in [0.4, 0.5) is 0 Å². The Bertz CT molecular complexity index is 1350. The van der Waals surface area contributed by atoms with Crippen LogP contribution in [0.1, 0.15) is 10.4 Å². The first-order chi connectivity index (χ1) is 11.7. The van der Waals surface area contributed by atoms with E-state index in [1.807, 2.05) is 42.5 Å². The molecular weight excluding hydrogens is 298 g/mol. The molecule has 0 spiro atoms. The van der Waals surface area contributed by atoms with Crippen LogP contribution in [0.15, 0.2) is 59.4 Å². The number of carbonyl (C=O) groups excluding carboxylic acids is 1. The van der Waals surface area contributed by atoms with Gasteiger partial charge in [0.15, 0.2) is 6.29 Å². The van der Waals surface area contributed by atoms with Crippen LogP contribution in [0.2, 0.25) is 0 Å². The zero-order valence-electron chi connectivity index (χ0n) is 13.0. The molecule has 114 valence electrons. The van der Waals surface area contributed by atoms with E-state index >= 15 is 0 Å². The highest BCUT2D eigenvalue weighted by Gasteiger charge is 2.19. The summed E-state index contributed by atoms with van der Waals surface area (Å²) >= 11 is 0. The quantitative estimate of drug-likeness (QED) is 0.264. The lowest BCUT2D eigenvalue weighted by Gasteiger charge is -2.17. The molecule has 3 heteroatoms. The van der Waals surface area contributed by atoms with Crippen LogP contribution < -0.4 is 5.56 Å². The zero-order valence-corrected chi connectivity index (χ0v) is 13.0. The van der Waals surface area contributed by atoms with Gasteiger partial charge in [-0.3, -0.25) is 9.59 Å². The summed E-state index contributed by atoms with van der Waals surface area (Å²) in [4.78, 5) is 24.8. The molecule has 5 aromatic rings. The normalized spacial score (nSPS) is 11.9. The molecule has 0 radical (unpaired) electrons. The number of aromatic nitrogens is 1. The summed E-state index contributed by atoms with van der Waals surface area (Å²) in [6, 6.07) is 17.8. The molecule has 5 rings (SSSR count). The lowest BCUT2D eigenvalue weighted by molar-refractivity contribution is 0.112. The fraction of sp³-hybridized carbons (Fsp3) is 0.0476. The fourth-order valence-corrected chi connectivity index (χ4v) is 3.99. The summed E-state index contributed by atoms with van der Waals surface area (Å²) in [7, 11) is 1.74. The zero-order chi connectivity index (χ0) is 16.4. The molecule has 3 nitrogen and oxygen atoms in total. The van der Waals surface area contributed by atoms with E-state index in [1.165, 1.54) is 0 Å². The summed E-state index contributed by atoms with van der Waals surface area (Å²) in [5.41, 5.74) is 1.22. The molecular formula is C21H13NO2. The topological polar surface area (TPSA) is 39.1 Å². The van der Waals surface area contributed by atoms with E-state index in [2.05, 4.69) is 12.1 Å². The number of benzene rings is 4. The Morgan fingerprint density at radius 2 is 1.54 bits per heavy atom. The predicted octanol–water partition coefficient (Wildman–Crippen LogP) is 4.25. The molecule has 0 atom stereocenters. The summed E-state index contributed by atoms with van der Waals surface area (Å²) < 4.78 is 1.61. The van der Waals surface area contributed by atoms with Crippen molar-refractivity contribution >= 4 is 49.5 Å². The average molecular weight is 311 g/mol. The first kappa shape index (κ1) is 13.3. The van der Waals surface area contributed by atoms with Gasteiger partial charge in [-0.1, -0.05) is 48.5 Å². The van der Waals surface area contributed by atoms with Crippen LogP contribution in [0, 0.1) is 0 Å². The molecule has 0 bridgehead atoms. The van der Waals surface area contributed by atoms with Gasteiger partial charge in [-0.05, 0) is 27.6 Å². The predicted molar refractivity (Wildman–Crippen MR) is 98.3 cm³/mol. The van der Waals surface area contributed by atoms with E-state index in [1.54, 1.807) is 11.6 Å². The highest BCUT2D eigenvalue weighted by molar-refractivity contribution is 6.31. The number of hydrogen-bond acceptors (Lipinski definition) is 2. The molecule has 0 aliphatic carbocycles. The van der Waals surface area contributed by atoms with Crippen molar-refractivity contribution in [2.24, 2.45) is 7.05 Å². The number of nitrogens with zero attached hydrogens (tertiary/aromatic N) is 1. The number of hydrogen-bond donors (Lipinski definition) is 0. The highest BCUT2D eigenvalue weighted by atomic mass is 16.1. The molecule has 4 aromatic carbocycles. The van der Waals surface area contributed by atoms with Crippen LogP contribution >= 0.6 is 0 Å². The van der Waals surface area contributed by atoms with Crippen molar-refractivity contribution in [2.45, 2.75) is 0 Å². The Labute approximate surface area is 137 Å². The summed E-state index contributed by atoms with van der Waals surface area (Å²) in [5.74, 6) is 0. The van der Waals surface area contributed by atoms with Gasteiger partial charge >= 0.3 is 0 Å². The van der Waals surface area contributed by atoms with Gasteiger partial charge < -0.3 is 4.57 Å². The molecule has 0 saturated heterocycles. The van der Waals surface area contributed by atoms with Gasteiger partial charge in [-0.2, -0.15) is 0 Å². The number of carbonyl (C=O) groups is 1. The van der Waals surface area contributed by atoms with Gasteiger partial charge in [0, 0.05) is 28.8 Å². The van der Waals surface area contributed by atoms with E-state index in [4.69, 9.17) is 0 Å². The molecule has 0 N–H and O–H groups in total. The van der Waals surface area contributed by atoms with Crippen LogP contribution in [0.25, 0.3) is 43.2 Å². The molecule has 0 unspecified atom stereocenters. The van der Waals surface area contributed by atoms with Crippen molar-refractivity contribution < 1.29 is 4.79 Å². The maximum absolute atomic E-state index is 12.9. The minimum atomic E-state index is -0.0704. The molecule has 1 heterocycles. The van der Waals surface area contributed by atoms with Gasteiger partial charge in [0.2, 0.25) is 0 Å². The molecule has 0 aliphatic heterocycles. The molecule has 24 heavy (non-hydrogen) atoms.